The molecule has 3 heteroatoms. The fourth-order valence-electron chi connectivity index (χ4n) is 1.65. The Hall–Kier alpha value is -0.960. The Morgan fingerprint density at radius 3 is 2.62 bits per heavy atom. The minimum Gasteiger partial charge on any atom is -0.312 e. The van der Waals surface area contributed by atoms with Crippen LogP contribution in [-0.2, 0) is 0 Å². The van der Waals surface area contributed by atoms with Crippen molar-refractivity contribution in [2.24, 2.45) is 5.41 Å². The molecule has 1 aromatic heterocycles. The summed E-state index contributed by atoms with van der Waals surface area (Å²) in [6.45, 7) is 6.57. The Morgan fingerprint density at radius 1 is 1.44 bits per heavy atom. The maximum absolute atomic E-state index is 13.5. The maximum atomic E-state index is 13.5. The van der Waals surface area contributed by atoms with Gasteiger partial charge in [-0.15, -0.1) is 0 Å². The number of rotatable bonds is 4. The van der Waals surface area contributed by atoms with Crippen molar-refractivity contribution in [1.29, 1.82) is 0 Å². The molecule has 1 heterocycles. The van der Waals surface area contributed by atoms with Crippen LogP contribution >= 0.6 is 0 Å². The Bertz CT molecular complexity index is 331. The quantitative estimate of drug-likeness (QED) is 0.848. The summed E-state index contributed by atoms with van der Waals surface area (Å²) in [5, 5.41) is 3.13. The number of aromatic nitrogens is 1. The summed E-state index contributed by atoms with van der Waals surface area (Å²) in [4.78, 5) is 4.11. The Kier molecular flexibility index (Phi) is 4.42. The predicted molar refractivity (Wildman–Crippen MR) is 64.7 cm³/mol. The second kappa shape index (κ2) is 5.39. The fraction of sp³-hybridized carbons (Fsp3) is 0.615. The minimum absolute atomic E-state index is 0.000394. The highest BCUT2D eigenvalue weighted by Crippen LogP contribution is 2.27. The standard InChI is InChI=1S/C13H21FN2/c1-13(2,3)8-7-11(15-4)12-10(14)6-5-9-16-12/h5-6,9,11,15H,7-8H2,1-4H3. The third kappa shape index (κ3) is 3.89. The molecule has 0 aliphatic carbocycles. The molecule has 2 nitrogen and oxygen atoms in total. The SMILES string of the molecule is CNC(CCC(C)(C)C)c1ncccc1F. The number of nitrogens with one attached hydrogen (secondary N) is 1. The van der Waals surface area contributed by atoms with Crippen LogP contribution in [0.1, 0.15) is 45.3 Å². The first-order valence-electron chi connectivity index (χ1n) is 5.72. The molecule has 1 atom stereocenters. The molecular weight excluding hydrogens is 203 g/mol. The summed E-state index contributed by atoms with van der Waals surface area (Å²) < 4.78 is 13.5. The molecule has 0 aromatic carbocycles. The third-order valence-corrected chi connectivity index (χ3v) is 2.65. The van der Waals surface area contributed by atoms with Crippen molar-refractivity contribution in [2.45, 2.75) is 39.7 Å². The van der Waals surface area contributed by atoms with Crippen LogP contribution in [-0.4, -0.2) is 12.0 Å². The summed E-state index contributed by atoms with van der Waals surface area (Å²) in [6, 6.07) is 3.08. The molecule has 0 spiro atoms. The van der Waals surface area contributed by atoms with Crippen LogP contribution in [0.25, 0.3) is 0 Å². The molecule has 1 rings (SSSR count). The van der Waals surface area contributed by atoms with E-state index in [4.69, 9.17) is 0 Å². The van der Waals surface area contributed by atoms with Gasteiger partial charge >= 0.3 is 0 Å². The van der Waals surface area contributed by atoms with Gasteiger partial charge in [0.15, 0.2) is 0 Å². The maximum Gasteiger partial charge on any atom is 0.146 e. The van der Waals surface area contributed by atoms with E-state index in [1.165, 1.54) is 6.07 Å². The van der Waals surface area contributed by atoms with Gasteiger partial charge in [-0.2, -0.15) is 0 Å². The van der Waals surface area contributed by atoms with Gasteiger partial charge in [0.25, 0.3) is 0 Å². The highest BCUT2D eigenvalue weighted by Gasteiger charge is 2.18. The number of pyridine rings is 1. The van der Waals surface area contributed by atoms with Crippen LogP contribution in [0.4, 0.5) is 4.39 Å². The second-order valence-electron chi connectivity index (χ2n) is 5.31. The van der Waals surface area contributed by atoms with Crippen LogP contribution in [0.5, 0.6) is 0 Å². The highest BCUT2D eigenvalue weighted by atomic mass is 19.1. The molecule has 1 unspecified atom stereocenters. The van der Waals surface area contributed by atoms with Gasteiger partial charge < -0.3 is 5.32 Å². The zero-order valence-corrected chi connectivity index (χ0v) is 10.5. The van der Waals surface area contributed by atoms with Gasteiger partial charge in [0, 0.05) is 6.20 Å². The Balaban J connectivity index is 2.72. The van der Waals surface area contributed by atoms with Crippen molar-refractivity contribution in [3.8, 4) is 0 Å². The van der Waals surface area contributed by atoms with Crippen LogP contribution in [0.3, 0.4) is 0 Å². The van der Waals surface area contributed by atoms with Gasteiger partial charge in [0.1, 0.15) is 5.82 Å². The molecule has 0 fully saturated rings. The van der Waals surface area contributed by atoms with E-state index in [1.54, 1.807) is 12.3 Å². The molecule has 0 amide bonds. The molecule has 0 saturated heterocycles. The van der Waals surface area contributed by atoms with E-state index >= 15 is 0 Å². The van der Waals surface area contributed by atoms with Crippen LogP contribution in [0.15, 0.2) is 18.3 Å². The number of nitrogens with zero attached hydrogens (tertiary/aromatic N) is 1. The summed E-state index contributed by atoms with van der Waals surface area (Å²) in [5.74, 6) is -0.226. The lowest BCUT2D eigenvalue weighted by Gasteiger charge is -2.22. The average molecular weight is 224 g/mol. The van der Waals surface area contributed by atoms with Gasteiger partial charge in [-0.3, -0.25) is 4.98 Å². The minimum atomic E-state index is -0.226. The molecule has 90 valence electrons. The first-order chi connectivity index (χ1) is 7.44. The van der Waals surface area contributed by atoms with Crippen molar-refractivity contribution in [1.82, 2.24) is 10.3 Å². The summed E-state index contributed by atoms with van der Waals surface area (Å²) >= 11 is 0. The fourth-order valence-corrected chi connectivity index (χ4v) is 1.65. The molecule has 0 aliphatic rings. The number of hydrogen-bond acceptors (Lipinski definition) is 2. The average Bonchev–Trinajstić information content (AvgIpc) is 2.20. The van der Waals surface area contributed by atoms with Crippen LogP contribution < -0.4 is 5.32 Å². The summed E-state index contributed by atoms with van der Waals surface area (Å²) in [6.07, 6.45) is 3.57. The molecular formula is C13H21FN2. The first-order valence-corrected chi connectivity index (χ1v) is 5.72. The molecule has 0 saturated carbocycles. The molecule has 1 N–H and O–H groups in total. The van der Waals surface area contributed by atoms with E-state index in [-0.39, 0.29) is 17.3 Å². The van der Waals surface area contributed by atoms with Gasteiger partial charge in [-0.25, -0.2) is 4.39 Å². The summed E-state index contributed by atoms with van der Waals surface area (Å²) in [5.41, 5.74) is 0.787. The van der Waals surface area contributed by atoms with E-state index in [2.05, 4.69) is 31.1 Å². The number of hydrogen-bond donors (Lipinski definition) is 1. The highest BCUT2D eigenvalue weighted by molar-refractivity contribution is 5.11. The van der Waals surface area contributed by atoms with E-state index < -0.39 is 0 Å². The monoisotopic (exact) mass is 224 g/mol. The van der Waals surface area contributed by atoms with E-state index in [1.807, 2.05) is 7.05 Å². The van der Waals surface area contributed by atoms with E-state index in [0.717, 1.165) is 12.8 Å². The summed E-state index contributed by atoms with van der Waals surface area (Å²) in [7, 11) is 1.85. The smallest absolute Gasteiger partial charge is 0.146 e. The lowest BCUT2D eigenvalue weighted by molar-refractivity contribution is 0.332. The Labute approximate surface area is 97.3 Å². The van der Waals surface area contributed by atoms with Crippen molar-refractivity contribution in [2.75, 3.05) is 7.05 Å². The molecule has 0 bridgehead atoms. The topological polar surface area (TPSA) is 24.9 Å². The van der Waals surface area contributed by atoms with E-state index in [0.29, 0.717) is 5.69 Å². The third-order valence-electron chi connectivity index (χ3n) is 2.65. The van der Waals surface area contributed by atoms with Gasteiger partial charge in [-0.1, -0.05) is 20.8 Å². The van der Waals surface area contributed by atoms with Gasteiger partial charge in [0.2, 0.25) is 0 Å². The lowest BCUT2D eigenvalue weighted by atomic mass is 9.88. The predicted octanol–water partition coefficient (Wildman–Crippen LogP) is 3.31. The zero-order chi connectivity index (χ0) is 12.2. The van der Waals surface area contributed by atoms with Crippen molar-refractivity contribution in [3.05, 3.63) is 29.8 Å². The van der Waals surface area contributed by atoms with Crippen molar-refractivity contribution < 1.29 is 4.39 Å². The molecule has 0 radical (unpaired) electrons. The van der Waals surface area contributed by atoms with Crippen molar-refractivity contribution >= 4 is 0 Å². The second-order valence-corrected chi connectivity index (χ2v) is 5.31. The van der Waals surface area contributed by atoms with Gasteiger partial charge in [-0.05, 0) is 37.4 Å². The number of halogens is 1. The van der Waals surface area contributed by atoms with E-state index in [9.17, 15) is 4.39 Å². The van der Waals surface area contributed by atoms with Crippen LogP contribution in [0.2, 0.25) is 0 Å². The first kappa shape index (κ1) is 13.1. The normalized spacial score (nSPS) is 13.8. The zero-order valence-electron chi connectivity index (χ0n) is 10.5. The van der Waals surface area contributed by atoms with Crippen molar-refractivity contribution in [3.63, 3.8) is 0 Å². The Morgan fingerprint density at radius 2 is 2.12 bits per heavy atom. The lowest BCUT2D eigenvalue weighted by Crippen LogP contribution is -2.21. The van der Waals surface area contributed by atoms with Gasteiger partial charge in [0.05, 0.1) is 11.7 Å². The van der Waals surface area contributed by atoms with Crippen LogP contribution in [0, 0.1) is 11.2 Å². The molecule has 1 aromatic rings. The molecule has 0 aliphatic heterocycles. The largest absolute Gasteiger partial charge is 0.312 e. The molecule has 16 heavy (non-hydrogen) atoms.